The lowest BCUT2D eigenvalue weighted by molar-refractivity contribution is 0.0798. The molecule has 0 aromatic heterocycles. The van der Waals surface area contributed by atoms with Gasteiger partial charge in [0.1, 0.15) is 0 Å². The van der Waals surface area contributed by atoms with Crippen LogP contribution < -0.4 is 10.6 Å². The van der Waals surface area contributed by atoms with Crippen LogP contribution in [0.15, 0.2) is 0 Å². The van der Waals surface area contributed by atoms with Gasteiger partial charge < -0.3 is 31.1 Å². The highest BCUT2D eigenvalue weighted by Gasteiger charge is 2.26. The molecular formula is C16H20I3N3O7. The number of carbonyl (C=O) groups excluding carboxylic acids is 3. The molecule has 0 saturated carbocycles. The average Bonchev–Trinajstić information content (AvgIpc) is 2.69. The first-order valence-electron chi connectivity index (χ1n) is 7.92. The van der Waals surface area contributed by atoms with E-state index in [-0.39, 0.29) is 13.1 Å². The molecule has 0 heterocycles. The van der Waals surface area contributed by atoms with Gasteiger partial charge in [-0.3, -0.25) is 9.59 Å². The topological polar surface area (TPSA) is 180 Å². The van der Waals surface area contributed by atoms with Gasteiger partial charge >= 0.3 is 0 Å². The quantitative estimate of drug-likeness (QED) is 0.110. The van der Waals surface area contributed by atoms with E-state index in [1.807, 2.05) is 67.8 Å². The number of hydrogen-bond donors (Lipinski definition) is 7. The Hall–Kier alpha value is -0.430. The number of rotatable bonds is 8. The molecular weight excluding hydrogens is 727 g/mol. The smallest absolute Gasteiger partial charge is 0.253 e. The summed E-state index contributed by atoms with van der Waals surface area (Å²) in [4.78, 5) is 33.4. The highest BCUT2D eigenvalue weighted by Crippen LogP contribution is 2.31. The number of amides is 2. The van der Waals surface area contributed by atoms with Gasteiger partial charge in [-0.05, 0) is 80.3 Å². The Morgan fingerprint density at radius 2 is 1.24 bits per heavy atom. The predicted molar refractivity (Wildman–Crippen MR) is 129 cm³/mol. The van der Waals surface area contributed by atoms with Crippen LogP contribution >= 0.6 is 67.8 Å². The van der Waals surface area contributed by atoms with Crippen molar-refractivity contribution in [2.45, 2.75) is 19.1 Å². The molecule has 7 N–H and O–H groups in total. The highest BCUT2D eigenvalue weighted by molar-refractivity contribution is 14.1. The van der Waals surface area contributed by atoms with Gasteiger partial charge in [0.25, 0.3) is 11.8 Å². The highest BCUT2D eigenvalue weighted by atomic mass is 127. The molecule has 2 amide bonds. The number of benzene rings is 1. The minimum absolute atomic E-state index is 0.114. The Morgan fingerprint density at radius 1 is 0.931 bits per heavy atom. The van der Waals surface area contributed by atoms with Crippen LogP contribution in [0.5, 0.6) is 0 Å². The second kappa shape index (κ2) is 14.6. The van der Waals surface area contributed by atoms with Crippen molar-refractivity contribution in [3.8, 4) is 0 Å². The number of hydrogen-bond acceptors (Lipinski definition) is 8. The van der Waals surface area contributed by atoms with Crippen molar-refractivity contribution >= 4 is 85.7 Å². The third kappa shape index (κ3) is 8.68. The van der Waals surface area contributed by atoms with Crippen molar-refractivity contribution in [3.05, 3.63) is 27.4 Å². The fraction of sp³-hybridized carbons (Fsp3) is 0.438. The zero-order chi connectivity index (χ0) is 22.7. The van der Waals surface area contributed by atoms with Crippen LogP contribution in [-0.4, -0.2) is 76.8 Å². The Balaban J connectivity index is 0.00000245. The van der Waals surface area contributed by atoms with Gasteiger partial charge in [-0.1, -0.05) is 0 Å². The molecule has 2 unspecified atom stereocenters. The molecule has 1 rings (SSSR count). The van der Waals surface area contributed by atoms with Gasteiger partial charge in [0.05, 0.1) is 36.5 Å². The molecule has 0 aliphatic heterocycles. The Kier molecular flexibility index (Phi) is 14.3. The minimum atomic E-state index is -1.07. The molecule has 1 aromatic carbocycles. The zero-order valence-electron chi connectivity index (χ0n) is 15.1. The summed E-state index contributed by atoms with van der Waals surface area (Å²) in [6.07, 6.45) is -1.39. The van der Waals surface area contributed by atoms with Crippen molar-refractivity contribution in [2.24, 2.45) is 0 Å². The van der Waals surface area contributed by atoms with Crippen LogP contribution in [0, 0.1) is 23.0 Å². The largest absolute Gasteiger partial charge is 0.394 e. The number of halogens is 3. The first-order valence-corrected chi connectivity index (χ1v) is 11.2. The SMILES string of the molecule is Cc1c(I)c(C(=O)NCC(O)CO)c(I)c(C(=O)NCC(O)CO)c1I.N=C=O. The number of aliphatic hydroxyl groups is 4. The van der Waals surface area contributed by atoms with Crippen molar-refractivity contribution in [1.82, 2.24) is 10.6 Å². The van der Waals surface area contributed by atoms with E-state index in [4.69, 9.17) is 20.4 Å². The van der Waals surface area contributed by atoms with Gasteiger partial charge in [-0.25, -0.2) is 10.2 Å². The summed E-state index contributed by atoms with van der Waals surface area (Å²) in [6, 6.07) is 0. The molecule has 0 saturated heterocycles. The first kappa shape index (κ1) is 28.6. The second-order valence-corrected chi connectivity index (χ2v) is 8.75. The molecule has 0 aliphatic rings. The maximum absolute atomic E-state index is 12.5. The molecule has 10 nitrogen and oxygen atoms in total. The lowest BCUT2D eigenvalue weighted by atomic mass is 10.0. The minimum Gasteiger partial charge on any atom is -0.394 e. The van der Waals surface area contributed by atoms with Gasteiger partial charge in [-0.15, -0.1) is 0 Å². The standard InChI is InChI=1S/C15H19I3N2O6.CHNO/c1-6-11(16)9(14(25)19-2-7(23)4-21)13(18)10(12(6)17)15(26)20-3-8(24)5-22;2-1-3/h7-8,21-24H,2-5H2,1H3,(H,19,25)(H,20,26);2H. The fourth-order valence-electron chi connectivity index (χ4n) is 1.91. The van der Waals surface area contributed by atoms with E-state index in [9.17, 15) is 19.8 Å². The van der Waals surface area contributed by atoms with Crippen LogP contribution in [-0.2, 0) is 4.79 Å². The Bertz CT molecular complexity index is 718. The molecule has 0 bridgehead atoms. The molecule has 162 valence electrons. The zero-order valence-corrected chi connectivity index (χ0v) is 21.6. The number of carbonyl (C=O) groups is 2. The van der Waals surface area contributed by atoms with Crippen molar-refractivity contribution in [2.75, 3.05) is 26.3 Å². The van der Waals surface area contributed by atoms with Crippen LogP contribution in [0.1, 0.15) is 26.3 Å². The Labute approximate surface area is 207 Å². The summed E-state index contributed by atoms with van der Waals surface area (Å²) < 4.78 is 1.80. The van der Waals surface area contributed by atoms with Crippen molar-refractivity contribution in [3.63, 3.8) is 0 Å². The molecule has 0 aliphatic carbocycles. The predicted octanol–water partition coefficient (Wildman–Crippen LogP) is -0.124. The molecule has 13 heteroatoms. The van der Waals surface area contributed by atoms with Crippen LogP contribution in [0.4, 0.5) is 0 Å². The van der Waals surface area contributed by atoms with Crippen LogP contribution in [0.3, 0.4) is 0 Å². The van der Waals surface area contributed by atoms with Crippen molar-refractivity contribution in [1.29, 1.82) is 5.41 Å². The van der Waals surface area contributed by atoms with Crippen LogP contribution in [0.2, 0.25) is 0 Å². The van der Waals surface area contributed by atoms with E-state index < -0.39 is 37.2 Å². The molecule has 1 aromatic rings. The van der Waals surface area contributed by atoms with E-state index in [0.717, 1.165) is 11.6 Å². The maximum atomic E-state index is 12.5. The molecule has 0 spiro atoms. The van der Waals surface area contributed by atoms with E-state index in [1.54, 1.807) is 6.92 Å². The van der Waals surface area contributed by atoms with Gasteiger partial charge in [0.15, 0.2) is 0 Å². The third-order valence-electron chi connectivity index (χ3n) is 3.41. The van der Waals surface area contributed by atoms with E-state index in [1.165, 1.54) is 0 Å². The summed E-state index contributed by atoms with van der Waals surface area (Å²) in [5.41, 5.74) is 1.37. The molecule has 0 radical (unpaired) electrons. The Morgan fingerprint density at radius 3 is 1.52 bits per heavy atom. The van der Waals surface area contributed by atoms with Crippen molar-refractivity contribution < 1.29 is 34.8 Å². The lowest BCUT2D eigenvalue weighted by Crippen LogP contribution is -2.37. The normalized spacial score (nSPS) is 12.1. The van der Waals surface area contributed by atoms with E-state index in [0.29, 0.717) is 21.8 Å². The summed E-state index contributed by atoms with van der Waals surface area (Å²) in [5, 5.41) is 47.0. The molecule has 0 fully saturated rings. The monoisotopic (exact) mass is 747 g/mol. The summed E-state index contributed by atoms with van der Waals surface area (Å²) in [7, 11) is 0. The van der Waals surface area contributed by atoms with Gasteiger partial charge in [0.2, 0.25) is 6.08 Å². The number of aliphatic hydroxyl groups excluding tert-OH is 4. The average molecular weight is 747 g/mol. The number of isocyanates is 1. The summed E-state index contributed by atoms with van der Waals surface area (Å²) >= 11 is 5.97. The maximum Gasteiger partial charge on any atom is 0.253 e. The lowest BCUT2D eigenvalue weighted by Gasteiger charge is -2.18. The second-order valence-electron chi connectivity index (χ2n) is 5.51. The summed E-state index contributed by atoms with van der Waals surface area (Å²) in [5.74, 6) is -0.925. The first-order chi connectivity index (χ1) is 13.6. The third-order valence-corrected chi connectivity index (χ3v) is 7.18. The van der Waals surface area contributed by atoms with Crippen LogP contribution in [0.25, 0.3) is 0 Å². The number of nitrogens with one attached hydrogen (secondary N) is 3. The summed E-state index contributed by atoms with van der Waals surface area (Å²) in [6.45, 7) is 0.619. The molecule has 2 atom stereocenters. The molecule has 29 heavy (non-hydrogen) atoms. The van der Waals surface area contributed by atoms with E-state index >= 15 is 0 Å². The van der Waals surface area contributed by atoms with Gasteiger partial charge in [-0.2, -0.15) is 0 Å². The van der Waals surface area contributed by atoms with Gasteiger partial charge in [0, 0.05) is 23.8 Å². The fourth-order valence-corrected chi connectivity index (χ4v) is 6.06. The van der Waals surface area contributed by atoms with E-state index in [2.05, 4.69) is 10.6 Å².